The zero-order valence-corrected chi connectivity index (χ0v) is 13.6. The number of nitrogens with zero attached hydrogens (tertiary/aromatic N) is 2. The SMILES string of the molecule is c1ccc2c(c1)ccc1oc3nc(=[N+]4CCCCC4)sc-3cc12. The lowest BCUT2D eigenvalue weighted by Crippen LogP contribution is -2.34. The molecule has 3 heterocycles. The number of hydrogen-bond acceptors (Lipinski definition) is 3. The topological polar surface area (TPSA) is 29.0 Å². The predicted octanol–water partition coefficient (Wildman–Crippen LogP) is 4.10. The van der Waals surface area contributed by atoms with E-state index in [0.717, 1.165) is 34.2 Å². The first-order chi connectivity index (χ1) is 11.4. The average Bonchev–Trinajstić information content (AvgIpc) is 3.03. The first kappa shape index (κ1) is 13.3. The maximum atomic E-state index is 6.10. The molecule has 0 aromatic heterocycles. The molecule has 4 heteroatoms. The third-order valence-electron chi connectivity index (χ3n) is 4.65. The number of thiazole rings is 1. The molecule has 0 spiro atoms. The fourth-order valence-electron chi connectivity index (χ4n) is 3.44. The van der Waals surface area contributed by atoms with Crippen molar-refractivity contribution >= 4 is 33.1 Å². The molecule has 0 saturated carbocycles. The first-order valence-electron chi connectivity index (χ1n) is 8.19. The van der Waals surface area contributed by atoms with E-state index >= 15 is 0 Å². The number of piperidine rings is 1. The Hall–Kier alpha value is -2.20. The van der Waals surface area contributed by atoms with E-state index in [1.54, 1.807) is 11.3 Å². The Kier molecular flexibility index (Phi) is 2.98. The highest BCUT2D eigenvalue weighted by atomic mass is 32.1. The summed E-state index contributed by atoms with van der Waals surface area (Å²) in [6, 6.07) is 14.9. The molecule has 3 aliphatic rings. The van der Waals surface area contributed by atoms with Crippen LogP contribution in [0.2, 0.25) is 0 Å². The van der Waals surface area contributed by atoms with Gasteiger partial charge in [-0.05, 0) is 53.5 Å². The Morgan fingerprint density at radius 3 is 2.74 bits per heavy atom. The van der Waals surface area contributed by atoms with Gasteiger partial charge in [0.2, 0.25) is 0 Å². The summed E-state index contributed by atoms with van der Waals surface area (Å²) in [6.45, 7) is 2.23. The Morgan fingerprint density at radius 2 is 1.83 bits per heavy atom. The van der Waals surface area contributed by atoms with Crippen molar-refractivity contribution in [3.8, 4) is 10.8 Å². The van der Waals surface area contributed by atoms with Gasteiger partial charge in [0, 0.05) is 10.4 Å². The summed E-state index contributed by atoms with van der Waals surface area (Å²) < 4.78 is 8.49. The molecule has 0 atom stereocenters. The van der Waals surface area contributed by atoms with Crippen molar-refractivity contribution < 1.29 is 4.42 Å². The average molecular weight is 321 g/mol. The normalized spacial score (nSPS) is 15.7. The van der Waals surface area contributed by atoms with Crippen LogP contribution in [-0.2, 0) is 0 Å². The lowest BCUT2D eigenvalue weighted by molar-refractivity contribution is 0.449. The number of rotatable bonds is 0. The Labute approximate surface area is 137 Å². The van der Waals surface area contributed by atoms with E-state index in [9.17, 15) is 0 Å². The summed E-state index contributed by atoms with van der Waals surface area (Å²) in [5.41, 5.74) is 0.909. The van der Waals surface area contributed by atoms with Crippen molar-refractivity contribution in [2.45, 2.75) is 19.3 Å². The van der Waals surface area contributed by atoms with Gasteiger partial charge >= 0.3 is 10.7 Å². The van der Waals surface area contributed by atoms with Crippen molar-refractivity contribution in [1.29, 1.82) is 0 Å². The van der Waals surface area contributed by atoms with E-state index < -0.39 is 0 Å². The molecule has 0 aliphatic carbocycles. The predicted molar refractivity (Wildman–Crippen MR) is 94.9 cm³/mol. The lowest BCUT2D eigenvalue weighted by Gasteiger charge is -2.10. The molecule has 0 radical (unpaired) electrons. The molecule has 0 unspecified atom stereocenters. The molecule has 23 heavy (non-hydrogen) atoms. The molecular formula is C19H17N2OS+. The molecule has 114 valence electrons. The van der Waals surface area contributed by atoms with Crippen molar-refractivity contribution in [3.63, 3.8) is 0 Å². The van der Waals surface area contributed by atoms with Crippen LogP contribution in [0.3, 0.4) is 0 Å². The van der Waals surface area contributed by atoms with Gasteiger partial charge in [0.15, 0.2) is 0 Å². The van der Waals surface area contributed by atoms with Crippen LogP contribution in [0.4, 0.5) is 0 Å². The van der Waals surface area contributed by atoms with Crippen molar-refractivity contribution in [2.75, 3.05) is 13.1 Å². The number of fused-ring (bicyclic) bond motifs is 4. The van der Waals surface area contributed by atoms with Gasteiger partial charge in [-0.3, -0.25) is 0 Å². The molecule has 0 N–H and O–H groups in total. The number of aromatic nitrogens is 1. The van der Waals surface area contributed by atoms with Gasteiger partial charge in [-0.2, -0.15) is 0 Å². The summed E-state index contributed by atoms with van der Waals surface area (Å²) in [4.78, 5) is 6.98. The zero-order valence-electron chi connectivity index (χ0n) is 12.8. The molecule has 2 aromatic carbocycles. The zero-order chi connectivity index (χ0) is 15.2. The molecule has 0 bridgehead atoms. The second-order valence-corrected chi connectivity index (χ2v) is 7.17. The maximum absolute atomic E-state index is 6.10. The third-order valence-corrected chi connectivity index (χ3v) is 5.69. The fourth-order valence-corrected chi connectivity index (χ4v) is 4.43. The van der Waals surface area contributed by atoms with E-state index in [-0.39, 0.29) is 0 Å². The van der Waals surface area contributed by atoms with E-state index in [4.69, 9.17) is 9.40 Å². The molecule has 3 nitrogen and oxygen atoms in total. The summed E-state index contributed by atoms with van der Waals surface area (Å²) in [6.07, 6.45) is 3.86. The smallest absolute Gasteiger partial charge is 0.382 e. The Morgan fingerprint density at radius 1 is 0.957 bits per heavy atom. The molecular weight excluding hydrogens is 304 g/mol. The summed E-state index contributed by atoms with van der Waals surface area (Å²) in [5, 5.41) is 3.66. The minimum atomic E-state index is 0.762. The molecule has 0 amide bonds. The molecule has 5 rings (SSSR count). The van der Waals surface area contributed by atoms with Crippen molar-refractivity contribution in [1.82, 2.24) is 9.56 Å². The molecule has 2 aromatic rings. The maximum Gasteiger partial charge on any atom is 0.382 e. The second-order valence-electron chi connectivity index (χ2n) is 6.16. The van der Waals surface area contributed by atoms with E-state index in [2.05, 4.69) is 47.0 Å². The van der Waals surface area contributed by atoms with Crippen LogP contribution in [0.15, 0.2) is 46.9 Å². The van der Waals surface area contributed by atoms with Gasteiger partial charge in [0.05, 0.1) is 13.1 Å². The van der Waals surface area contributed by atoms with Crippen LogP contribution in [0, 0.1) is 0 Å². The van der Waals surface area contributed by atoms with E-state index in [1.807, 2.05) is 0 Å². The highest BCUT2D eigenvalue weighted by molar-refractivity contribution is 7.12. The minimum Gasteiger partial charge on any atom is -0.419 e. The monoisotopic (exact) mass is 321 g/mol. The van der Waals surface area contributed by atoms with Crippen LogP contribution in [0.5, 0.6) is 0 Å². The van der Waals surface area contributed by atoms with Gasteiger partial charge < -0.3 is 4.42 Å². The molecule has 3 aliphatic heterocycles. The van der Waals surface area contributed by atoms with Gasteiger partial charge in [-0.25, -0.2) is 4.58 Å². The van der Waals surface area contributed by atoms with E-state index in [0.29, 0.717) is 0 Å². The minimum absolute atomic E-state index is 0.762. The van der Waals surface area contributed by atoms with Gasteiger partial charge in [-0.1, -0.05) is 30.3 Å². The van der Waals surface area contributed by atoms with Crippen LogP contribution < -0.4 is 9.38 Å². The van der Waals surface area contributed by atoms with E-state index in [1.165, 1.54) is 35.4 Å². The largest absolute Gasteiger partial charge is 0.419 e. The lowest BCUT2D eigenvalue weighted by atomic mass is 10.1. The van der Waals surface area contributed by atoms with Crippen LogP contribution in [0.25, 0.3) is 32.5 Å². The first-order valence-corrected chi connectivity index (χ1v) is 9.00. The van der Waals surface area contributed by atoms with Crippen LogP contribution in [0.1, 0.15) is 19.3 Å². The standard InChI is InChI=1S/C19H17N2OS/c1-4-10-21(11-5-1)19-20-18-17(23-19)12-15-14-7-3-2-6-13(14)8-9-16(15)22-18/h2-3,6-9,12H,1,4-5,10-11H2/q+1. The molecule has 1 fully saturated rings. The van der Waals surface area contributed by atoms with Gasteiger partial charge in [0.25, 0.3) is 0 Å². The van der Waals surface area contributed by atoms with Crippen LogP contribution >= 0.6 is 11.3 Å². The summed E-state index contributed by atoms with van der Waals surface area (Å²) in [5.74, 6) is 0.762. The van der Waals surface area contributed by atoms with Gasteiger partial charge in [0.1, 0.15) is 10.5 Å². The number of hydrogen-bond donors (Lipinski definition) is 0. The Balaban J connectivity index is 1.82. The third kappa shape index (κ3) is 2.17. The van der Waals surface area contributed by atoms with Crippen LogP contribution in [-0.4, -0.2) is 18.1 Å². The van der Waals surface area contributed by atoms with Crippen molar-refractivity contribution in [2.24, 2.45) is 0 Å². The summed E-state index contributed by atoms with van der Waals surface area (Å²) in [7, 11) is 0. The highest BCUT2D eigenvalue weighted by Crippen LogP contribution is 2.32. The van der Waals surface area contributed by atoms with Gasteiger partial charge in [-0.15, -0.1) is 0 Å². The quantitative estimate of drug-likeness (QED) is 0.360. The second kappa shape index (κ2) is 5.17. The Bertz CT molecular complexity index is 1050. The highest BCUT2D eigenvalue weighted by Gasteiger charge is 2.22. The van der Waals surface area contributed by atoms with Crippen molar-refractivity contribution in [3.05, 3.63) is 47.3 Å². The molecule has 1 saturated heterocycles. The summed E-state index contributed by atoms with van der Waals surface area (Å²) >= 11 is 1.75. The number of benzene rings is 2. The fraction of sp³-hybridized carbons (Fsp3) is 0.263.